The van der Waals surface area contributed by atoms with Crippen LogP contribution in [0.2, 0.25) is 0 Å². The van der Waals surface area contributed by atoms with Gasteiger partial charge in [-0.1, -0.05) is 13.8 Å². The zero-order valence-corrected chi connectivity index (χ0v) is 8.92. The topological polar surface area (TPSA) is 37.3 Å². The zero-order valence-electron chi connectivity index (χ0n) is 8.92. The van der Waals surface area contributed by atoms with Gasteiger partial charge in [0, 0.05) is 10.8 Å². The Morgan fingerprint density at radius 3 is 2.79 bits per heavy atom. The number of carbonyl (C=O) groups is 1. The SMILES string of the molecule is C[C@@]12CC[C@H]3[C@@H](C1)[C@H](O)C[C@@]3(C)C2=O. The van der Waals surface area contributed by atoms with Crippen LogP contribution in [0.1, 0.15) is 39.5 Å². The van der Waals surface area contributed by atoms with E-state index in [1.807, 2.05) is 0 Å². The molecule has 14 heavy (non-hydrogen) atoms. The van der Waals surface area contributed by atoms with Crippen molar-refractivity contribution in [3.8, 4) is 0 Å². The number of fused-ring (bicyclic) bond motifs is 1. The number of aliphatic hydroxyl groups excluding tert-OH is 1. The summed E-state index contributed by atoms with van der Waals surface area (Å²) in [6.07, 6.45) is 3.65. The second kappa shape index (κ2) is 2.24. The molecule has 2 nitrogen and oxygen atoms in total. The molecule has 0 aromatic rings. The average molecular weight is 194 g/mol. The predicted octanol–water partition coefficient (Wildman–Crippen LogP) is 1.76. The van der Waals surface area contributed by atoms with Gasteiger partial charge >= 0.3 is 0 Å². The molecule has 0 radical (unpaired) electrons. The van der Waals surface area contributed by atoms with E-state index in [0.717, 1.165) is 25.7 Å². The minimum atomic E-state index is -0.212. The summed E-state index contributed by atoms with van der Waals surface area (Å²) in [5, 5.41) is 9.97. The first-order valence-electron chi connectivity index (χ1n) is 5.70. The maximum Gasteiger partial charge on any atom is 0.144 e. The number of carbonyl (C=O) groups excluding carboxylic acids is 1. The van der Waals surface area contributed by atoms with Gasteiger partial charge < -0.3 is 5.11 Å². The second-order valence-electron chi connectivity index (χ2n) is 6.09. The summed E-state index contributed by atoms with van der Waals surface area (Å²) < 4.78 is 0. The third kappa shape index (κ3) is 0.758. The molecule has 0 heterocycles. The second-order valence-corrected chi connectivity index (χ2v) is 6.09. The molecule has 0 saturated heterocycles. The molecular formula is C12H18O2. The number of aliphatic hydroxyl groups is 1. The predicted molar refractivity (Wildman–Crippen MR) is 52.7 cm³/mol. The van der Waals surface area contributed by atoms with Crippen LogP contribution in [-0.4, -0.2) is 17.0 Å². The van der Waals surface area contributed by atoms with Gasteiger partial charge in [-0.2, -0.15) is 0 Å². The lowest BCUT2D eigenvalue weighted by molar-refractivity contribution is -0.154. The lowest BCUT2D eigenvalue weighted by atomic mass is 9.50. The fraction of sp³-hybridized carbons (Fsp3) is 0.917. The Bertz CT molecular complexity index is 311. The maximum atomic E-state index is 12.3. The fourth-order valence-electron chi connectivity index (χ4n) is 4.54. The smallest absolute Gasteiger partial charge is 0.144 e. The van der Waals surface area contributed by atoms with Crippen molar-refractivity contribution in [3.05, 3.63) is 0 Å². The van der Waals surface area contributed by atoms with Crippen LogP contribution in [0.15, 0.2) is 0 Å². The molecule has 4 aliphatic rings. The molecule has 0 unspecified atom stereocenters. The van der Waals surface area contributed by atoms with E-state index in [9.17, 15) is 9.90 Å². The third-order valence-electron chi connectivity index (χ3n) is 5.22. The van der Waals surface area contributed by atoms with E-state index in [1.54, 1.807) is 0 Å². The fourth-order valence-corrected chi connectivity index (χ4v) is 4.54. The van der Waals surface area contributed by atoms with E-state index in [4.69, 9.17) is 0 Å². The Balaban J connectivity index is 2.13. The van der Waals surface area contributed by atoms with Crippen molar-refractivity contribution in [1.29, 1.82) is 0 Å². The quantitative estimate of drug-likeness (QED) is 0.638. The summed E-state index contributed by atoms with van der Waals surface area (Å²) in [5.74, 6) is 1.33. The summed E-state index contributed by atoms with van der Waals surface area (Å²) in [6.45, 7) is 4.19. The zero-order chi connectivity index (χ0) is 10.1. The van der Waals surface area contributed by atoms with Gasteiger partial charge in [0.2, 0.25) is 0 Å². The van der Waals surface area contributed by atoms with Crippen LogP contribution in [0.25, 0.3) is 0 Å². The molecule has 0 spiro atoms. The summed E-state index contributed by atoms with van der Waals surface area (Å²) in [7, 11) is 0. The highest BCUT2D eigenvalue weighted by Crippen LogP contribution is 2.65. The molecule has 78 valence electrons. The van der Waals surface area contributed by atoms with Gasteiger partial charge in [0.25, 0.3) is 0 Å². The largest absolute Gasteiger partial charge is 0.393 e. The van der Waals surface area contributed by atoms with Crippen LogP contribution in [0.5, 0.6) is 0 Å². The van der Waals surface area contributed by atoms with Crippen molar-refractivity contribution in [2.45, 2.75) is 45.6 Å². The van der Waals surface area contributed by atoms with Gasteiger partial charge in [0.1, 0.15) is 5.78 Å². The number of rotatable bonds is 0. The van der Waals surface area contributed by atoms with Gasteiger partial charge in [-0.3, -0.25) is 4.79 Å². The van der Waals surface area contributed by atoms with Crippen LogP contribution >= 0.6 is 0 Å². The number of Topliss-reactive ketones (excluding diaryl/α,β-unsaturated/α-hetero) is 1. The van der Waals surface area contributed by atoms with Crippen LogP contribution in [0, 0.1) is 22.7 Å². The van der Waals surface area contributed by atoms with Crippen molar-refractivity contribution < 1.29 is 9.90 Å². The van der Waals surface area contributed by atoms with Crippen molar-refractivity contribution in [3.63, 3.8) is 0 Å². The molecule has 1 N–H and O–H groups in total. The minimum Gasteiger partial charge on any atom is -0.393 e. The van der Waals surface area contributed by atoms with Crippen molar-refractivity contribution in [2.75, 3.05) is 0 Å². The average Bonchev–Trinajstić information content (AvgIpc) is 2.34. The summed E-state index contributed by atoms with van der Waals surface area (Å²) in [5.41, 5.74) is -0.291. The summed E-state index contributed by atoms with van der Waals surface area (Å²) in [6, 6.07) is 0. The van der Waals surface area contributed by atoms with Gasteiger partial charge in [0.05, 0.1) is 6.10 Å². The van der Waals surface area contributed by atoms with Gasteiger partial charge in [-0.15, -0.1) is 0 Å². The van der Waals surface area contributed by atoms with Crippen molar-refractivity contribution in [2.24, 2.45) is 22.7 Å². The van der Waals surface area contributed by atoms with Crippen LogP contribution in [0.4, 0.5) is 0 Å². The molecule has 0 aromatic heterocycles. The summed E-state index contributed by atoms with van der Waals surface area (Å²) >= 11 is 0. The first kappa shape index (κ1) is 8.90. The van der Waals surface area contributed by atoms with E-state index in [2.05, 4.69) is 13.8 Å². The van der Waals surface area contributed by atoms with Gasteiger partial charge in [-0.25, -0.2) is 0 Å². The molecule has 4 fully saturated rings. The lowest BCUT2D eigenvalue weighted by Crippen LogP contribution is -2.53. The molecular weight excluding hydrogens is 176 g/mol. The molecule has 4 saturated carbocycles. The highest BCUT2D eigenvalue weighted by molar-refractivity contribution is 5.92. The Labute approximate surface area is 84.7 Å². The molecule has 5 atom stereocenters. The first-order chi connectivity index (χ1) is 6.47. The molecule has 4 aliphatic carbocycles. The lowest BCUT2D eigenvalue weighted by Gasteiger charge is -2.52. The summed E-state index contributed by atoms with van der Waals surface area (Å²) in [4.78, 5) is 12.3. The Morgan fingerprint density at radius 2 is 2.07 bits per heavy atom. The van der Waals surface area contributed by atoms with Crippen molar-refractivity contribution >= 4 is 5.78 Å². The molecule has 2 heteroatoms. The normalized spacial score (nSPS) is 60.8. The van der Waals surface area contributed by atoms with Crippen molar-refractivity contribution in [1.82, 2.24) is 0 Å². The standard InChI is InChI=1S/C12H18O2/c1-11-4-3-8-7(5-11)9(13)6-12(8,2)10(11)14/h7-9,13H,3-6H2,1-2H3/t7-,8+,9-,11-,12-/m1/s1. The van der Waals surface area contributed by atoms with E-state index in [-0.39, 0.29) is 16.9 Å². The van der Waals surface area contributed by atoms with Gasteiger partial charge in [-0.05, 0) is 37.5 Å². The molecule has 4 rings (SSSR count). The highest BCUT2D eigenvalue weighted by atomic mass is 16.3. The maximum absolute atomic E-state index is 12.3. The minimum absolute atomic E-state index is 0.106. The number of hydrogen-bond donors (Lipinski definition) is 1. The van der Waals surface area contributed by atoms with Crippen LogP contribution in [0.3, 0.4) is 0 Å². The van der Waals surface area contributed by atoms with Crippen LogP contribution in [-0.2, 0) is 4.79 Å². The third-order valence-corrected chi connectivity index (χ3v) is 5.22. The number of hydrogen-bond acceptors (Lipinski definition) is 2. The van der Waals surface area contributed by atoms with E-state index < -0.39 is 0 Å². The van der Waals surface area contributed by atoms with Crippen LogP contribution < -0.4 is 0 Å². The van der Waals surface area contributed by atoms with E-state index in [1.165, 1.54) is 0 Å². The van der Waals surface area contributed by atoms with E-state index >= 15 is 0 Å². The van der Waals surface area contributed by atoms with E-state index in [0.29, 0.717) is 17.6 Å². The Hall–Kier alpha value is -0.370. The highest BCUT2D eigenvalue weighted by Gasteiger charge is 2.66. The Kier molecular flexibility index (Phi) is 1.42. The Morgan fingerprint density at radius 1 is 1.36 bits per heavy atom. The molecule has 4 bridgehead atoms. The monoisotopic (exact) mass is 194 g/mol. The molecule has 0 amide bonds. The first-order valence-corrected chi connectivity index (χ1v) is 5.70. The number of ketones is 1. The molecule has 0 aliphatic heterocycles. The van der Waals surface area contributed by atoms with Gasteiger partial charge in [0.15, 0.2) is 0 Å². The molecule has 0 aromatic carbocycles.